The van der Waals surface area contributed by atoms with E-state index in [4.69, 9.17) is 4.74 Å². The summed E-state index contributed by atoms with van der Waals surface area (Å²) in [6.07, 6.45) is -2.10. The molecule has 1 aliphatic heterocycles. The molecule has 2 heterocycles. The predicted octanol–water partition coefficient (Wildman–Crippen LogP) is 4.00. The van der Waals surface area contributed by atoms with Crippen molar-refractivity contribution in [3.63, 3.8) is 0 Å². The van der Waals surface area contributed by atoms with Crippen molar-refractivity contribution in [2.45, 2.75) is 6.18 Å². The first-order chi connectivity index (χ1) is 12.5. The van der Waals surface area contributed by atoms with Crippen molar-refractivity contribution in [1.29, 1.82) is 5.26 Å². The Balaban J connectivity index is 1.79. The average Bonchev–Trinajstić information content (AvgIpc) is 2.67. The summed E-state index contributed by atoms with van der Waals surface area (Å²) >= 11 is 0. The first kappa shape index (κ1) is 18.0. The van der Waals surface area contributed by atoms with Crippen molar-refractivity contribution in [3.05, 3.63) is 59.4 Å². The number of ether oxygens (including phenoxy) is 1. The lowest BCUT2D eigenvalue weighted by Gasteiger charge is -2.28. The van der Waals surface area contributed by atoms with Crippen molar-refractivity contribution < 1.29 is 17.9 Å². The van der Waals surface area contributed by atoms with Crippen LogP contribution >= 0.6 is 0 Å². The second kappa shape index (κ2) is 7.58. The van der Waals surface area contributed by atoms with Gasteiger partial charge in [-0.25, -0.2) is 0 Å². The maximum Gasteiger partial charge on any atom is 0.417 e. The molecule has 1 aromatic carbocycles. The number of hydrogen-bond donors (Lipinski definition) is 0. The van der Waals surface area contributed by atoms with Crippen molar-refractivity contribution in [3.8, 4) is 6.07 Å². The number of nitriles is 1. The molecule has 0 radical (unpaired) electrons. The van der Waals surface area contributed by atoms with E-state index in [0.717, 1.165) is 36.6 Å². The molecule has 0 amide bonds. The molecule has 0 N–H and O–H groups in total. The summed E-state index contributed by atoms with van der Waals surface area (Å²) in [5.74, 6) is 0. The van der Waals surface area contributed by atoms with E-state index in [9.17, 15) is 18.4 Å². The van der Waals surface area contributed by atoms with E-state index < -0.39 is 11.7 Å². The number of rotatable bonds is 3. The van der Waals surface area contributed by atoms with Crippen LogP contribution in [0.1, 0.15) is 16.8 Å². The number of hydrogen-bond acceptors (Lipinski definition) is 4. The predicted molar refractivity (Wildman–Crippen MR) is 92.2 cm³/mol. The van der Waals surface area contributed by atoms with Crippen LogP contribution in [0.25, 0.3) is 11.6 Å². The second-order valence-electron chi connectivity index (χ2n) is 5.79. The molecule has 134 valence electrons. The Morgan fingerprint density at radius 3 is 2.35 bits per heavy atom. The van der Waals surface area contributed by atoms with Gasteiger partial charge >= 0.3 is 6.18 Å². The summed E-state index contributed by atoms with van der Waals surface area (Å²) in [7, 11) is 0. The van der Waals surface area contributed by atoms with E-state index in [0.29, 0.717) is 13.2 Å². The molecule has 1 aliphatic rings. The highest BCUT2D eigenvalue weighted by Crippen LogP contribution is 2.29. The molecule has 1 fully saturated rings. The van der Waals surface area contributed by atoms with Crippen molar-refractivity contribution in [2.75, 3.05) is 31.2 Å². The van der Waals surface area contributed by atoms with Gasteiger partial charge in [0.05, 0.1) is 30.0 Å². The molecular formula is C19H16F3N3O. The van der Waals surface area contributed by atoms with Gasteiger partial charge in [-0.2, -0.15) is 18.4 Å². The first-order valence-corrected chi connectivity index (χ1v) is 8.05. The SMILES string of the molecule is N#C/C(=C\c1ccc(N2CCOCC2)cc1)c1ccc(C(F)(F)F)cn1. The van der Waals surface area contributed by atoms with Gasteiger partial charge < -0.3 is 9.64 Å². The molecule has 0 aliphatic carbocycles. The molecule has 7 heteroatoms. The van der Waals surface area contributed by atoms with Crippen LogP contribution in [-0.4, -0.2) is 31.3 Å². The van der Waals surface area contributed by atoms with Gasteiger partial charge in [-0.1, -0.05) is 12.1 Å². The highest BCUT2D eigenvalue weighted by molar-refractivity contribution is 5.88. The highest BCUT2D eigenvalue weighted by atomic mass is 19.4. The zero-order valence-electron chi connectivity index (χ0n) is 13.8. The molecule has 0 bridgehead atoms. The normalized spacial score (nSPS) is 15.6. The van der Waals surface area contributed by atoms with Gasteiger partial charge in [0.25, 0.3) is 0 Å². The lowest BCUT2D eigenvalue weighted by molar-refractivity contribution is -0.137. The van der Waals surface area contributed by atoms with Crippen LogP contribution in [0.5, 0.6) is 0 Å². The van der Waals surface area contributed by atoms with Gasteiger partial charge in [0.15, 0.2) is 0 Å². The molecule has 0 atom stereocenters. The van der Waals surface area contributed by atoms with Crippen molar-refractivity contribution in [2.24, 2.45) is 0 Å². The number of alkyl halides is 3. The molecule has 3 rings (SSSR count). The van der Waals surface area contributed by atoms with Gasteiger partial charge in [0.2, 0.25) is 0 Å². The number of morpholine rings is 1. The van der Waals surface area contributed by atoms with E-state index in [1.165, 1.54) is 6.07 Å². The summed E-state index contributed by atoms with van der Waals surface area (Å²) in [5, 5.41) is 9.33. The Morgan fingerprint density at radius 2 is 1.81 bits per heavy atom. The number of benzene rings is 1. The van der Waals surface area contributed by atoms with Crippen molar-refractivity contribution >= 4 is 17.3 Å². The monoisotopic (exact) mass is 359 g/mol. The fraction of sp³-hybridized carbons (Fsp3) is 0.263. The molecule has 0 unspecified atom stereocenters. The minimum Gasteiger partial charge on any atom is -0.378 e. The van der Waals surface area contributed by atoms with Crippen LogP contribution in [-0.2, 0) is 10.9 Å². The Kier molecular flexibility index (Phi) is 5.24. The van der Waals surface area contributed by atoms with E-state index in [-0.39, 0.29) is 11.3 Å². The molecule has 26 heavy (non-hydrogen) atoms. The van der Waals surface area contributed by atoms with Gasteiger partial charge in [-0.05, 0) is 35.9 Å². The van der Waals surface area contributed by atoms with E-state index in [2.05, 4.69) is 9.88 Å². The largest absolute Gasteiger partial charge is 0.417 e. The fourth-order valence-electron chi connectivity index (χ4n) is 2.65. The number of aromatic nitrogens is 1. The van der Waals surface area contributed by atoms with Crippen LogP contribution in [0.15, 0.2) is 42.6 Å². The molecular weight excluding hydrogens is 343 g/mol. The van der Waals surface area contributed by atoms with Gasteiger partial charge in [-0.3, -0.25) is 4.98 Å². The van der Waals surface area contributed by atoms with Crippen molar-refractivity contribution in [1.82, 2.24) is 4.98 Å². The second-order valence-corrected chi connectivity index (χ2v) is 5.79. The van der Waals surface area contributed by atoms with E-state index in [1.807, 2.05) is 30.3 Å². The summed E-state index contributed by atoms with van der Waals surface area (Å²) in [6, 6.07) is 11.8. The van der Waals surface area contributed by atoms with Gasteiger partial charge in [0.1, 0.15) is 6.07 Å². The number of pyridine rings is 1. The van der Waals surface area contributed by atoms with Crippen LogP contribution in [0.2, 0.25) is 0 Å². The molecule has 1 saturated heterocycles. The molecule has 2 aromatic rings. The number of allylic oxidation sites excluding steroid dienone is 1. The smallest absolute Gasteiger partial charge is 0.378 e. The number of nitrogens with zero attached hydrogens (tertiary/aromatic N) is 3. The lowest BCUT2D eigenvalue weighted by atomic mass is 10.1. The Labute approximate surface area is 149 Å². The third kappa shape index (κ3) is 4.21. The molecule has 1 aromatic heterocycles. The Morgan fingerprint density at radius 1 is 1.12 bits per heavy atom. The molecule has 0 spiro atoms. The standard InChI is InChI=1S/C19H16F3N3O/c20-19(21,22)16-3-6-18(24-13-16)15(12-23)11-14-1-4-17(5-2-14)25-7-9-26-10-8-25/h1-6,11,13H,7-10H2/b15-11+. The number of halogens is 3. The van der Waals surface area contributed by atoms with Crippen LogP contribution in [0.4, 0.5) is 18.9 Å². The first-order valence-electron chi connectivity index (χ1n) is 8.05. The van der Waals surface area contributed by atoms with E-state index in [1.54, 1.807) is 6.08 Å². The number of anilines is 1. The van der Waals surface area contributed by atoms with Crippen LogP contribution < -0.4 is 4.90 Å². The van der Waals surface area contributed by atoms with Gasteiger partial charge in [0, 0.05) is 25.0 Å². The van der Waals surface area contributed by atoms with Crippen LogP contribution in [0.3, 0.4) is 0 Å². The van der Waals surface area contributed by atoms with E-state index >= 15 is 0 Å². The topological polar surface area (TPSA) is 49.2 Å². The zero-order chi connectivity index (χ0) is 18.6. The summed E-state index contributed by atoms with van der Waals surface area (Å²) in [4.78, 5) is 5.98. The molecule has 0 saturated carbocycles. The Bertz CT molecular complexity index is 815. The highest BCUT2D eigenvalue weighted by Gasteiger charge is 2.30. The minimum absolute atomic E-state index is 0.206. The summed E-state index contributed by atoms with van der Waals surface area (Å²) in [5.41, 5.74) is 1.42. The van der Waals surface area contributed by atoms with Gasteiger partial charge in [-0.15, -0.1) is 0 Å². The zero-order valence-corrected chi connectivity index (χ0v) is 13.8. The lowest BCUT2D eigenvalue weighted by Crippen LogP contribution is -2.36. The van der Waals surface area contributed by atoms with Crippen LogP contribution in [0, 0.1) is 11.3 Å². The maximum absolute atomic E-state index is 12.6. The third-order valence-corrected chi connectivity index (χ3v) is 4.07. The Hall–Kier alpha value is -2.85. The quantitative estimate of drug-likeness (QED) is 0.777. The average molecular weight is 359 g/mol. The third-order valence-electron chi connectivity index (χ3n) is 4.07. The molecule has 4 nitrogen and oxygen atoms in total. The summed E-state index contributed by atoms with van der Waals surface area (Å²) in [6.45, 7) is 3.04. The maximum atomic E-state index is 12.6. The fourth-order valence-corrected chi connectivity index (χ4v) is 2.65. The summed E-state index contributed by atoms with van der Waals surface area (Å²) < 4.78 is 43.2. The minimum atomic E-state index is -4.45.